The van der Waals surface area contributed by atoms with Crippen LogP contribution in [0.4, 0.5) is 5.69 Å². The van der Waals surface area contributed by atoms with Crippen LogP contribution in [0.1, 0.15) is 12.5 Å². The number of hydrogen-bond donors (Lipinski definition) is 0. The van der Waals surface area contributed by atoms with Gasteiger partial charge in [0.2, 0.25) is 0 Å². The predicted molar refractivity (Wildman–Crippen MR) is 66.9 cm³/mol. The Morgan fingerprint density at radius 2 is 2.00 bits per heavy atom. The smallest absolute Gasteiger partial charge is 0.123 e. The van der Waals surface area contributed by atoms with Gasteiger partial charge in [0.25, 0.3) is 0 Å². The molecule has 0 heterocycles. The van der Waals surface area contributed by atoms with E-state index >= 15 is 0 Å². The molecule has 0 saturated carbocycles. The molecule has 2 radical (unpaired) electrons. The SMILES string of the molecule is C[CH]([Al])Cc1cccc(N(C)C)c1.Cl. The molecule has 1 aromatic rings. The van der Waals surface area contributed by atoms with Gasteiger partial charge in [-0.2, -0.15) is 0 Å². The highest BCUT2D eigenvalue weighted by molar-refractivity contribution is 6.11. The zero-order valence-corrected chi connectivity index (χ0v) is 11.0. The highest BCUT2D eigenvalue weighted by Gasteiger charge is 1.99. The number of benzene rings is 1. The summed E-state index contributed by atoms with van der Waals surface area (Å²) in [4.78, 5) is 2.14. The van der Waals surface area contributed by atoms with Crippen LogP contribution in [0.15, 0.2) is 24.3 Å². The van der Waals surface area contributed by atoms with Crippen LogP contribution in [-0.2, 0) is 6.42 Å². The molecule has 0 amide bonds. The molecule has 1 rings (SSSR count). The lowest BCUT2D eigenvalue weighted by Crippen LogP contribution is -2.08. The first kappa shape index (κ1) is 13.8. The molecule has 1 nitrogen and oxygen atoms in total. The minimum Gasteiger partial charge on any atom is -0.378 e. The maximum Gasteiger partial charge on any atom is 0.123 e. The van der Waals surface area contributed by atoms with E-state index < -0.39 is 0 Å². The standard InChI is InChI=1S/C11H16N.Al.ClH/c1-4-6-10-7-5-8-11(9-10)12(2)3;;/h4-5,7-9H,6H2,1-3H3;;1H. The van der Waals surface area contributed by atoms with Crippen molar-refractivity contribution < 1.29 is 0 Å². The van der Waals surface area contributed by atoms with Gasteiger partial charge >= 0.3 is 0 Å². The lowest BCUT2D eigenvalue weighted by Gasteiger charge is -2.14. The fourth-order valence-electron chi connectivity index (χ4n) is 1.33. The van der Waals surface area contributed by atoms with Crippen LogP contribution < -0.4 is 4.90 Å². The third kappa shape index (κ3) is 4.37. The van der Waals surface area contributed by atoms with Gasteiger partial charge in [-0.3, -0.25) is 0 Å². The van der Waals surface area contributed by atoms with E-state index in [-0.39, 0.29) is 12.4 Å². The van der Waals surface area contributed by atoms with Crippen molar-refractivity contribution in [3.8, 4) is 0 Å². The summed E-state index contributed by atoms with van der Waals surface area (Å²) in [6.45, 7) is 2.22. The fraction of sp³-hybridized carbons (Fsp3) is 0.455. The number of hydrogen-bond acceptors (Lipinski definition) is 1. The molecule has 1 aromatic carbocycles. The summed E-state index contributed by atoms with van der Waals surface area (Å²) in [5, 5.41) is 0. The van der Waals surface area contributed by atoms with Gasteiger partial charge in [0.05, 0.1) is 0 Å². The zero-order chi connectivity index (χ0) is 9.84. The molecule has 1 unspecified atom stereocenters. The highest BCUT2D eigenvalue weighted by Crippen LogP contribution is 2.16. The van der Waals surface area contributed by atoms with E-state index in [4.69, 9.17) is 0 Å². The topological polar surface area (TPSA) is 3.24 Å². The van der Waals surface area contributed by atoms with Crippen molar-refractivity contribution >= 4 is 34.4 Å². The fourth-order valence-corrected chi connectivity index (χ4v) is 1.61. The van der Waals surface area contributed by atoms with E-state index in [1.54, 1.807) is 0 Å². The molecule has 0 aliphatic heterocycles. The maximum absolute atomic E-state index is 2.83. The van der Waals surface area contributed by atoms with Gasteiger partial charge in [0.1, 0.15) is 16.3 Å². The Morgan fingerprint density at radius 1 is 1.36 bits per heavy atom. The summed E-state index contributed by atoms with van der Waals surface area (Å²) >= 11 is 2.83. The molecule has 0 N–H and O–H groups in total. The normalized spacial score (nSPS) is 11.6. The van der Waals surface area contributed by atoms with Crippen molar-refractivity contribution in [2.24, 2.45) is 0 Å². The molecular formula is C11H17AlClN. The van der Waals surface area contributed by atoms with Crippen LogP contribution in [-0.4, -0.2) is 30.4 Å². The van der Waals surface area contributed by atoms with Crippen LogP contribution in [0.25, 0.3) is 0 Å². The van der Waals surface area contributed by atoms with Crippen LogP contribution in [0, 0.1) is 0 Å². The minimum atomic E-state index is 0. The van der Waals surface area contributed by atoms with Crippen molar-refractivity contribution in [2.75, 3.05) is 19.0 Å². The molecular weight excluding hydrogens is 209 g/mol. The van der Waals surface area contributed by atoms with Crippen molar-refractivity contribution in [3.05, 3.63) is 29.8 Å². The Morgan fingerprint density at radius 3 is 2.50 bits per heavy atom. The van der Waals surface area contributed by atoms with Crippen molar-refractivity contribution in [1.29, 1.82) is 0 Å². The summed E-state index contributed by atoms with van der Waals surface area (Å²) in [6.07, 6.45) is 1.13. The van der Waals surface area contributed by atoms with Gasteiger partial charge in [0.15, 0.2) is 0 Å². The molecule has 0 spiro atoms. The first-order valence-electron chi connectivity index (χ1n) is 4.61. The summed E-state index contributed by atoms with van der Waals surface area (Å²) in [6, 6.07) is 8.70. The van der Waals surface area contributed by atoms with Crippen molar-refractivity contribution in [2.45, 2.75) is 18.1 Å². The monoisotopic (exact) mass is 225 g/mol. The third-order valence-electron chi connectivity index (χ3n) is 1.98. The molecule has 3 heteroatoms. The molecule has 76 valence electrons. The number of anilines is 1. The number of rotatable bonds is 3. The van der Waals surface area contributed by atoms with E-state index in [9.17, 15) is 0 Å². The quantitative estimate of drug-likeness (QED) is 0.715. The Kier molecular flexibility index (Phi) is 6.28. The van der Waals surface area contributed by atoms with Crippen molar-refractivity contribution in [3.63, 3.8) is 0 Å². The van der Waals surface area contributed by atoms with Crippen LogP contribution in [0.3, 0.4) is 0 Å². The number of nitrogens with zero attached hydrogens (tertiary/aromatic N) is 1. The molecule has 0 fully saturated rings. The first-order chi connectivity index (χ1) is 6.09. The van der Waals surface area contributed by atoms with E-state index in [2.05, 4.69) is 66.5 Å². The van der Waals surface area contributed by atoms with Gasteiger partial charge in [0, 0.05) is 19.8 Å². The van der Waals surface area contributed by atoms with E-state index in [0.29, 0.717) is 4.78 Å². The Bertz CT molecular complexity index is 274. The van der Waals surface area contributed by atoms with Gasteiger partial charge in [-0.25, -0.2) is 0 Å². The van der Waals surface area contributed by atoms with Crippen molar-refractivity contribution in [1.82, 2.24) is 0 Å². The second-order valence-electron chi connectivity index (χ2n) is 3.75. The molecule has 0 saturated heterocycles. The highest BCUT2D eigenvalue weighted by atomic mass is 35.5. The summed E-state index contributed by atoms with van der Waals surface area (Å²) in [5.74, 6) is 0. The van der Waals surface area contributed by atoms with E-state index in [0.717, 1.165) is 6.42 Å². The molecule has 0 bridgehead atoms. The summed E-state index contributed by atoms with van der Waals surface area (Å²) < 4.78 is 0.650. The van der Waals surface area contributed by atoms with Gasteiger partial charge < -0.3 is 4.90 Å². The molecule has 0 aliphatic rings. The van der Waals surface area contributed by atoms with Crippen LogP contribution in [0.5, 0.6) is 0 Å². The Balaban J connectivity index is 0.00000169. The zero-order valence-electron chi connectivity index (χ0n) is 9.03. The van der Waals surface area contributed by atoms with E-state index in [1.165, 1.54) is 11.3 Å². The van der Waals surface area contributed by atoms with Crippen LogP contribution >= 0.6 is 12.4 Å². The minimum absolute atomic E-state index is 0. The van der Waals surface area contributed by atoms with Gasteiger partial charge in [-0.1, -0.05) is 19.1 Å². The predicted octanol–water partition coefficient (Wildman–Crippen LogP) is 2.69. The lowest BCUT2D eigenvalue weighted by molar-refractivity contribution is 0.914. The van der Waals surface area contributed by atoms with E-state index in [1.807, 2.05) is 0 Å². The second kappa shape index (κ2) is 6.35. The molecule has 0 aliphatic carbocycles. The van der Waals surface area contributed by atoms with Gasteiger partial charge in [-0.05, 0) is 24.1 Å². The molecule has 14 heavy (non-hydrogen) atoms. The third-order valence-corrected chi connectivity index (χ3v) is 2.22. The maximum atomic E-state index is 2.83. The largest absolute Gasteiger partial charge is 0.378 e. The average molecular weight is 226 g/mol. The first-order valence-corrected chi connectivity index (χ1v) is 5.28. The number of halogens is 1. The summed E-state index contributed by atoms with van der Waals surface area (Å²) in [7, 11) is 4.15. The molecule has 1 atom stereocenters. The lowest BCUT2D eigenvalue weighted by atomic mass is 10.1. The molecule has 0 aromatic heterocycles. The Labute approximate surface area is 101 Å². The summed E-state index contributed by atoms with van der Waals surface area (Å²) in [5.41, 5.74) is 2.69. The average Bonchev–Trinajstić information content (AvgIpc) is 2.03. The second-order valence-corrected chi connectivity index (χ2v) is 4.88. The van der Waals surface area contributed by atoms with Crippen LogP contribution in [0.2, 0.25) is 4.78 Å². The Hall–Kier alpha value is -0.158. The van der Waals surface area contributed by atoms with Gasteiger partial charge in [-0.15, -0.1) is 17.2 Å².